The molecule has 118 valence electrons. The Morgan fingerprint density at radius 3 is 2.67 bits per heavy atom. The number of anilines is 1. The molecule has 0 heterocycles. The van der Waals surface area contributed by atoms with Crippen LogP contribution in [0.3, 0.4) is 0 Å². The number of para-hydroxylation sites is 1. The molecule has 1 aliphatic rings. The van der Waals surface area contributed by atoms with E-state index in [1.807, 2.05) is 19.9 Å². The van der Waals surface area contributed by atoms with Crippen molar-refractivity contribution in [1.29, 1.82) is 0 Å². The molecule has 0 spiro atoms. The van der Waals surface area contributed by atoms with Gasteiger partial charge in [-0.1, -0.05) is 19.1 Å². The maximum Gasteiger partial charge on any atom is 0.180 e. The Kier molecular flexibility index (Phi) is 5.24. The summed E-state index contributed by atoms with van der Waals surface area (Å²) < 4.78 is 30.3. The average Bonchev–Trinajstić information content (AvgIpc) is 2.45. The minimum atomic E-state index is -3.26. The summed E-state index contributed by atoms with van der Waals surface area (Å²) in [6.07, 6.45) is 1.45. The van der Waals surface area contributed by atoms with Gasteiger partial charge in [-0.05, 0) is 31.9 Å². The molecular formula is C15H24N2O3S. The number of rotatable bonds is 7. The van der Waals surface area contributed by atoms with Crippen LogP contribution in [0.25, 0.3) is 0 Å². The highest BCUT2D eigenvalue weighted by Gasteiger charge is 2.39. The summed E-state index contributed by atoms with van der Waals surface area (Å²) in [5.74, 6) is 0.150. The standard InChI is InChI=1S/C15H24N2O3S/c1-3-9-21(18,19)14-8-6-5-7-12(14)17-15-11(16)10-13(15)20-4-2/h5-8,11,13,15,17H,3-4,9-10,16H2,1-2H3. The fourth-order valence-electron chi connectivity index (χ4n) is 2.64. The van der Waals surface area contributed by atoms with Crippen molar-refractivity contribution in [3.63, 3.8) is 0 Å². The van der Waals surface area contributed by atoms with E-state index in [2.05, 4.69) is 5.32 Å². The lowest BCUT2D eigenvalue weighted by atomic mass is 9.83. The molecule has 3 unspecified atom stereocenters. The normalized spacial score (nSPS) is 25.4. The van der Waals surface area contributed by atoms with Crippen molar-refractivity contribution in [2.45, 2.75) is 49.8 Å². The maximum absolute atomic E-state index is 12.3. The Labute approximate surface area is 126 Å². The van der Waals surface area contributed by atoms with Crippen LogP contribution in [-0.2, 0) is 14.6 Å². The second-order valence-electron chi connectivity index (χ2n) is 5.38. The van der Waals surface area contributed by atoms with Gasteiger partial charge in [0.05, 0.1) is 28.5 Å². The van der Waals surface area contributed by atoms with E-state index in [-0.39, 0.29) is 23.9 Å². The zero-order valence-electron chi connectivity index (χ0n) is 12.6. The second kappa shape index (κ2) is 6.77. The van der Waals surface area contributed by atoms with Crippen LogP contribution < -0.4 is 11.1 Å². The van der Waals surface area contributed by atoms with E-state index in [0.29, 0.717) is 23.6 Å². The minimum absolute atomic E-state index is 0.0107. The quantitative estimate of drug-likeness (QED) is 0.802. The maximum atomic E-state index is 12.3. The van der Waals surface area contributed by atoms with Crippen molar-refractivity contribution < 1.29 is 13.2 Å². The SMILES string of the molecule is CCCS(=O)(=O)c1ccccc1NC1C(N)CC1OCC. The molecule has 6 heteroatoms. The van der Waals surface area contributed by atoms with Gasteiger partial charge >= 0.3 is 0 Å². The highest BCUT2D eigenvalue weighted by Crippen LogP contribution is 2.30. The monoisotopic (exact) mass is 312 g/mol. The topological polar surface area (TPSA) is 81.4 Å². The van der Waals surface area contributed by atoms with Crippen LogP contribution in [0.1, 0.15) is 26.7 Å². The molecule has 0 bridgehead atoms. The third kappa shape index (κ3) is 3.56. The lowest BCUT2D eigenvalue weighted by Gasteiger charge is -2.43. The van der Waals surface area contributed by atoms with Gasteiger partial charge in [-0.3, -0.25) is 0 Å². The first-order chi connectivity index (χ1) is 9.99. The van der Waals surface area contributed by atoms with Crippen molar-refractivity contribution in [3.05, 3.63) is 24.3 Å². The largest absolute Gasteiger partial charge is 0.377 e. The molecule has 1 fully saturated rings. The second-order valence-corrected chi connectivity index (χ2v) is 7.46. The summed E-state index contributed by atoms with van der Waals surface area (Å²) in [6.45, 7) is 4.44. The Morgan fingerprint density at radius 2 is 2.05 bits per heavy atom. The molecule has 0 saturated heterocycles. The Balaban J connectivity index is 2.21. The fourth-order valence-corrected chi connectivity index (χ4v) is 4.15. The number of benzene rings is 1. The molecule has 3 atom stereocenters. The highest BCUT2D eigenvalue weighted by atomic mass is 32.2. The zero-order chi connectivity index (χ0) is 15.5. The molecule has 3 N–H and O–H groups in total. The van der Waals surface area contributed by atoms with E-state index < -0.39 is 9.84 Å². The molecule has 1 aliphatic carbocycles. The number of sulfone groups is 1. The molecule has 1 aromatic carbocycles. The van der Waals surface area contributed by atoms with Crippen LogP contribution in [0, 0.1) is 0 Å². The van der Waals surface area contributed by atoms with Gasteiger partial charge in [0, 0.05) is 12.6 Å². The molecule has 0 aliphatic heterocycles. The van der Waals surface area contributed by atoms with Crippen molar-refractivity contribution in [3.8, 4) is 0 Å². The molecule has 21 heavy (non-hydrogen) atoms. The van der Waals surface area contributed by atoms with E-state index in [1.54, 1.807) is 18.2 Å². The summed E-state index contributed by atoms with van der Waals surface area (Å²) >= 11 is 0. The minimum Gasteiger partial charge on any atom is -0.377 e. The molecule has 5 nitrogen and oxygen atoms in total. The summed E-state index contributed by atoms with van der Waals surface area (Å²) in [7, 11) is -3.26. The van der Waals surface area contributed by atoms with Gasteiger partial charge in [0.25, 0.3) is 0 Å². The van der Waals surface area contributed by atoms with E-state index in [9.17, 15) is 8.42 Å². The first-order valence-corrected chi connectivity index (χ1v) is 9.10. The lowest BCUT2D eigenvalue weighted by molar-refractivity contribution is -0.0126. The van der Waals surface area contributed by atoms with Crippen molar-refractivity contribution in [1.82, 2.24) is 0 Å². The van der Waals surface area contributed by atoms with Crippen LogP contribution >= 0.6 is 0 Å². The number of nitrogens with one attached hydrogen (secondary N) is 1. The fraction of sp³-hybridized carbons (Fsp3) is 0.600. The third-order valence-electron chi connectivity index (χ3n) is 3.76. The first-order valence-electron chi connectivity index (χ1n) is 7.45. The molecular weight excluding hydrogens is 288 g/mol. The molecule has 2 rings (SSSR count). The van der Waals surface area contributed by atoms with Crippen LogP contribution in [-0.4, -0.2) is 39.0 Å². The van der Waals surface area contributed by atoms with Crippen LogP contribution in [0.15, 0.2) is 29.2 Å². The number of hydrogen-bond donors (Lipinski definition) is 2. The van der Waals surface area contributed by atoms with E-state index in [4.69, 9.17) is 10.5 Å². The third-order valence-corrected chi connectivity index (χ3v) is 5.74. The Bertz CT molecular complexity index is 572. The van der Waals surface area contributed by atoms with Gasteiger partial charge in [0.2, 0.25) is 0 Å². The predicted octanol–water partition coefficient (Wildman–Crippen LogP) is 1.79. The average molecular weight is 312 g/mol. The van der Waals surface area contributed by atoms with Gasteiger partial charge in [0.1, 0.15) is 0 Å². The zero-order valence-corrected chi connectivity index (χ0v) is 13.4. The van der Waals surface area contributed by atoms with Crippen molar-refractivity contribution in [2.75, 3.05) is 17.7 Å². The number of ether oxygens (including phenoxy) is 1. The van der Waals surface area contributed by atoms with Gasteiger partial charge in [-0.2, -0.15) is 0 Å². The van der Waals surface area contributed by atoms with Crippen molar-refractivity contribution in [2.24, 2.45) is 5.73 Å². The van der Waals surface area contributed by atoms with Crippen LogP contribution in [0.2, 0.25) is 0 Å². The summed E-state index contributed by atoms with van der Waals surface area (Å²) in [5.41, 5.74) is 6.64. The lowest BCUT2D eigenvalue weighted by Crippen LogP contribution is -2.60. The number of nitrogens with two attached hydrogens (primary N) is 1. The van der Waals surface area contributed by atoms with Gasteiger partial charge in [-0.15, -0.1) is 0 Å². The molecule has 1 aromatic rings. The van der Waals surface area contributed by atoms with Gasteiger partial charge < -0.3 is 15.8 Å². The van der Waals surface area contributed by atoms with E-state index in [1.165, 1.54) is 0 Å². The molecule has 0 radical (unpaired) electrons. The summed E-state index contributed by atoms with van der Waals surface area (Å²) in [6, 6.07) is 6.96. The summed E-state index contributed by atoms with van der Waals surface area (Å²) in [5, 5.41) is 3.27. The highest BCUT2D eigenvalue weighted by molar-refractivity contribution is 7.91. The van der Waals surface area contributed by atoms with Crippen LogP contribution in [0.5, 0.6) is 0 Å². The Hall–Kier alpha value is -1.11. The van der Waals surface area contributed by atoms with Gasteiger partial charge in [0.15, 0.2) is 9.84 Å². The molecule has 1 saturated carbocycles. The molecule has 0 amide bonds. The number of hydrogen-bond acceptors (Lipinski definition) is 5. The van der Waals surface area contributed by atoms with Crippen molar-refractivity contribution >= 4 is 15.5 Å². The van der Waals surface area contributed by atoms with E-state index in [0.717, 1.165) is 6.42 Å². The van der Waals surface area contributed by atoms with Crippen LogP contribution in [0.4, 0.5) is 5.69 Å². The van der Waals surface area contributed by atoms with E-state index >= 15 is 0 Å². The smallest absolute Gasteiger partial charge is 0.180 e. The first kappa shape index (κ1) is 16.3. The summed E-state index contributed by atoms with van der Waals surface area (Å²) in [4.78, 5) is 0.348. The molecule has 0 aromatic heterocycles. The predicted molar refractivity (Wildman–Crippen MR) is 84.2 cm³/mol. The van der Waals surface area contributed by atoms with Gasteiger partial charge in [-0.25, -0.2) is 8.42 Å². The Morgan fingerprint density at radius 1 is 1.33 bits per heavy atom.